The van der Waals surface area contributed by atoms with E-state index in [1.54, 1.807) is 0 Å². The lowest BCUT2D eigenvalue weighted by molar-refractivity contribution is 0.587. The van der Waals surface area contributed by atoms with Crippen molar-refractivity contribution in [3.05, 3.63) is 34.9 Å². The molecule has 138 valence electrons. The van der Waals surface area contributed by atoms with E-state index < -0.39 is 0 Å². The maximum Gasteiger partial charge on any atom is 0.227 e. The van der Waals surface area contributed by atoms with Gasteiger partial charge in [-0.25, -0.2) is 14.4 Å². The van der Waals surface area contributed by atoms with E-state index in [-0.39, 0.29) is 5.82 Å². The summed E-state index contributed by atoms with van der Waals surface area (Å²) in [4.78, 5) is 20.0. The van der Waals surface area contributed by atoms with Gasteiger partial charge in [-0.1, -0.05) is 11.6 Å². The van der Waals surface area contributed by atoms with Crippen LogP contribution in [0.3, 0.4) is 0 Å². The van der Waals surface area contributed by atoms with Crippen LogP contribution >= 0.6 is 11.6 Å². The molecule has 0 saturated carbocycles. The summed E-state index contributed by atoms with van der Waals surface area (Å²) in [5.74, 6) is 1.76. The molecule has 0 aromatic carbocycles. The van der Waals surface area contributed by atoms with Crippen LogP contribution in [-0.4, -0.2) is 54.2 Å². The van der Waals surface area contributed by atoms with Crippen molar-refractivity contribution < 1.29 is 4.39 Å². The van der Waals surface area contributed by atoms with E-state index in [0.717, 1.165) is 43.6 Å². The van der Waals surface area contributed by atoms with Gasteiger partial charge in [0.2, 0.25) is 5.95 Å². The average Bonchev–Trinajstić information content (AvgIpc) is 3.16. The fourth-order valence-corrected chi connectivity index (χ4v) is 3.69. The molecule has 2 aliphatic rings. The summed E-state index contributed by atoms with van der Waals surface area (Å²) >= 11 is 5.80. The highest BCUT2D eigenvalue weighted by atomic mass is 35.5. The van der Waals surface area contributed by atoms with Crippen LogP contribution in [0.4, 0.5) is 22.0 Å². The van der Waals surface area contributed by atoms with Crippen LogP contribution in [-0.2, 0) is 0 Å². The van der Waals surface area contributed by atoms with E-state index in [0.29, 0.717) is 23.9 Å². The summed E-state index contributed by atoms with van der Waals surface area (Å²) < 4.78 is 14.1. The van der Waals surface area contributed by atoms with Crippen LogP contribution in [0.5, 0.6) is 0 Å². The number of anilines is 3. The maximum absolute atomic E-state index is 14.1. The predicted octanol–water partition coefficient (Wildman–Crippen LogP) is 2.90. The third kappa shape index (κ3) is 3.53. The van der Waals surface area contributed by atoms with E-state index in [1.807, 2.05) is 17.9 Å². The molecule has 8 heteroatoms. The average molecular weight is 377 g/mol. The molecule has 2 aromatic rings. The van der Waals surface area contributed by atoms with Crippen molar-refractivity contribution in [1.29, 1.82) is 0 Å². The molecular formula is C18H22ClFN6. The number of halogens is 2. The number of pyridine rings is 1. The molecule has 26 heavy (non-hydrogen) atoms. The van der Waals surface area contributed by atoms with Gasteiger partial charge in [0.05, 0.1) is 5.02 Å². The Morgan fingerprint density at radius 2 is 1.62 bits per heavy atom. The number of nitrogens with zero attached hydrogens (tertiary/aromatic N) is 6. The molecule has 2 saturated heterocycles. The summed E-state index contributed by atoms with van der Waals surface area (Å²) in [6, 6.07) is 3.34. The molecule has 2 fully saturated rings. The zero-order valence-corrected chi connectivity index (χ0v) is 15.6. The summed E-state index contributed by atoms with van der Waals surface area (Å²) in [7, 11) is 0. The molecule has 6 nitrogen and oxygen atoms in total. The van der Waals surface area contributed by atoms with Gasteiger partial charge in [-0.05, 0) is 25.8 Å². The SMILES string of the molecule is Cc1cc(N2CCN(c3ncc(Cl)cc3F)CC2)nc(N2CCCC2)n1. The van der Waals surface area contributed by atoms with Gasteiger partial charge in [-0.2, -0.15) is 4.98 Å². The lowest BCUT2D eigenvalue weighted by Crippen LogP contribution is -2.47. The Hall–Kier alpha value is -2.15. The van der Waals surface area contributed by atoms with Crippen molar-refractivity contribution in [3.63, 3.8) is 0 Å². The lowest BCUT2D eigenvalue weighted by atomic mass is 10.3. The van der Waals surface area contributed by atoms with Crippen molar-refractivity contribution >= 4 is 29.2 Å². The summed E-state index contributed by atoms with van der Waals surface area (Å²) in [6.45, 7) is 6.96. The summed E-state index contributed by atoms with van der Waals surface area (Å²) in [5, 5.41) is 0.316. The molecule has 0 bridgehead atoms. The summed E-state index contributed by atoms with van der Waals surface area (Å²) in [6.07, 6.45) is 3.89. The first-order chi connectivity index (χ1) is 12.6. The van der Waals surface area contributed by atoms with Gasteiger partial charge in [0.25, 0.3) is 0 Å². The van der Waals surface area contributed by atoms with Gasteiger partial charge in [0.15, 0.2) is 11.6 Å². The molecule has 0 amide bonds. The quantitative estimate of drug-likeness (QED) is 0.821. The minimum absolute atomic E-state index is 0.316. The molecule has 0 spiro atoms. The molecule has 0 radical (unpaired) electrons. The Bertz CT molecular complexity index is 787. The molecule has 0 N–H and O–H groups in total. The molecule has 2 aliphatic heterocycles. The highest BCUT2D eigenvalue weighted by Crippen LogP contribution is 2.24. The van der Waals surface area contributed by atoms with Crippen molar-refractivity contribution in [2.45, 2.75) is 19.8 Å². The second kappa shape index (κ2) is 7.23. The van der Waals surface area contributed by atoms with E-state index in [2.05, 4.69) is 19.8 Å². The van der Waals surface area contributed by atoms with Crippen LogP contribution in [0, 0.1) is 12.7 Å². The lowest BCUT2D eigenvalue weighted by Gasteiger charge is -2.36. The molecule has 0 aliphatic carbocycles. The topological polar surface area (TPSA) is 48.4 Å². The zero-order chi connectivity index (χ0) is 18.1. The number of aryl methyl sites for hydroxylation is 1. The third-order valence-electron chi connectivity index (χ3n) is 4.91. The van der Waals surface area contributed by atoms with E-state index >= 15 is 0 Å². The van der Waals surface area contributed by atoms with Crippen LogP contribution in [0.1, 0.15) is 18.5 Å². The van der Waals surface area contributed by atoms with Gasteiger partial charge in [-0.15, -0.1) is 0 Å². The predicted molar refractivity (Wildman–Crippen MR) is 102 cm³/mol. The second-order valence-corrected chi connectivity index (χ2v) is 7.23. The first kappa shape index (κ1) is 17.3. The molecule has 4 heterocycles. The van der Waals surface area contributed by atoms with Crippen LogP contribution in [0.25, 0.3) is 0 Å². The van der Waals surface area contributed by atoms with Gasteiger partial charge < -0.3 is 14.7 Å². The minimum atomic E-state index is -0.375. The number of hydrogen-bond acceptors (Lipinski definition) is 6. The number of rotatable bonds is 3. The largest absolute Gasteiger partial charge is 0.353 e. The summed E-state index contributed by atoms with van der Waals surface area (Å²) in [5.41, 5.74) is 0.977. The molecule has 2 aromatic heterocycles. The fraction of sp³-hybridized carbons (Fsp3) is 0.500. The maximum atomic E-state index is 14.1. The Morgan fingerprint density at radius 3 is 2.31 bits per heavy atom. The van der Waals surface area contributed by atoms with E-state index in [9.17, 15) is 4.39 Å². The third-order valence-corrected chi connectivity index (χ3v) is 5.12. The molecule has 4 rings (SSSR count). The Kier molecular flexibility index (Phi) is 4.80. The van der Waals surface area contributed by atoms with Crippen LogP contribution in [0.2, 0.25) is 5.02 Å². The second-order valence-electron chi connectivity index (χ2n) is 6.79. The van der Waals surface area contributed by atoms with Crippen LogP contribution in [0.15, 0.2) is 18.3 Å². The highest BCUT2D eigenvalue weighted by Gasteiger charge is 2.23. The van der Waals surface area contributed by atoms with Crippen molar-refractivity contribution in [1.82, 2.24) is 15.0 Å². The van der Waals surface area contributed by atoms with Gasteiger partial charge >= 0.3 is 0 Å². The first-order valence-corrected chi connectivity index (χ1v) is 9.39. The fourth-order valence-electron chi connectivity index (χ4n) is 3.54. The van der Waals surface area contributed by atoms with Gasteiger partial charge in [0, 0.05) is 57.2 Å². The normalized spacial score (nSPS) is 17.9. The molecular weight excluding hydrogens is 355 g/mol. The number of piperazine rings is 1. The van der Waals surface area contributed by atoms with Gasteiger partial charge in [0.1, 0.15) is 5.82 Å². The molecule has 0 atom stereocenters. The Labute approximate surface area is 157 Å². The highest BCUT2D eigenvalue weighted by molar-refractivity contribution is 6.30. The van der Waals surface area contributed by atoms with E-state index in [4.69, 9.17) is 16.6 Å². The van der Waals surface area contributed by atoms with Gasteiger partial charge in [-0.3, -0.25) is 0 Å². The van der Waals surface area contributed by atoms with Crippen molar-refractivity contribution in [2.24, 2.45) is 0 Å². The smallest absolute Gasteiger partial charge is 0.227 e. The zero-order valence-electron chi connectivity index (χ0n) is 14.8. The number of aromatic nitrogens is 3. The Morgan fingerprint density at radius 1 is 0.923 bits per heavy atom. The standard InChI is InChI=1S/C18H22ClFN6/c1-13-10-16(23-18(22-13)26-4-2-3-5-26)24-6-8-25(9-7-24)17-15(20)11-14(19)12-21-17/h10-12H,2-9H2,1H3. The minimum Gasteiger partial charge on any atom is -0.353 e. The van der Waals surface area contributed by atoms with Crippen molar-refractivity contribution in [3.8, 4) is 0 Å². The number of hydrogen-bond donors (Lipinski definition) is 0. The van der Waals surface area contributed by atoms with E-state index in [1.165, 1.54) is 25.1 Å². The molecule has 0 unspecified atom stereocenters. The first-order valence-electron chi connectivity index (χ1n) is 9.02. The van der Waals surface area contributed by atoms with Crippen molar-refractivity contribution in [2.75, 3.05) is 54.0 Å². The Balaban J connectivity index is 1.47. The van der Waals surface area contributed by atoms with Crippen LogP contribution < -0.4 is 14.7 Å². The monoisotopic (exact) mass is 376 g/mol.